The Morgan fingerprint density at radius 2 is 1.63 bits per heavy atom. The molecule has 6 heteroatoms. The molecule has 0 radical (unpaired) electrons. The molecule has 0 spiro atoms. The second kappa shape index (κ2) is 9.45. The number of rotatable bonds is 8. The smallest absolute Gasteiger partial charge is 0.343 e. The van der Waals surface area contributed by atoms with Crippen LogP contribution in [0.5, 0.6) is 0 Å². The molecule has 3 aromatic rings. The van der Waals surface area contributed by atoms with Crippen molar-refractivity contribution in [2.24, 2.45) is 0 Å². The van der Waals surface area contributed by atoms with E-state index in [1.807, 2.05) is 60.7 Å². The number of carbonyl (C=O) groups is 1. The summed E-state index contributed by atoms with van der Waals surface area (Å²) in [6.07, 6.45) is 1.90. The molecule has 0 aliphatic carbocycles. The molecule has 0 amide bonds. The van der Waals surface area contributed by atoms with Gasteiger partial charge in [0.2, 0.25) is 0 Å². The zero-order valence-electron chi connectivity index (χ0n) is 15.1. The highest BCUT2D eigenvalue weighted by molar-refractivity contribution is 5.95. The zero-order valence-corrected chi connectivity index (χ0v) is 15.1. The van der Waals surface area contributed by atoms with E-state index in [1.54, 1.807) is 6.92 Å². The summed E-state index contributed by atoms with van der Waals surface area (Å²) in [6, 6.07) is 19.5. The molecule has 3 rings (SSSR count). The van der Waals surface area contributed by atoms with Gasteiger partial charge in [-0.25, -0.2) is 20.2 Å². The minimum Gasteiger partial charge on any atom is -0.462 e. The van der Waals surface area contributed by atoms with Gasteiger partial charge in [-0.15, -0.1) is 0 Å². The number of carbonyl (C=O) groups excluding carboxylic acids is 1. The predicted octanol–water partition coefficient (Wildman–Crippen LogP) is 3.79. The van der Waals surface area contributed by atoms with Crippen LogP contribution in [0.3, 0.4) is 0 Å². The van der Waals surface area contributed by atoms with Crippen molar-refractivity contribution in [2.75, 3.05) is 12.1 Å². The lowest BCUT2D eigenvalue weighted by Crippen LogP contribution is -2.16. The fraction of sp³-hybridized carbons (Fsp3) is 0.190. The Hall–Kier alpha value is -3.25. The van der Waals surface area contributed by atoms with Crippen molar-refractivity contribution in [3.63, 3.8) is 0 Å². The van der Waals surface area contributed by atoms with Crippen molar-refractivity contribution >= 4 is 11.8 Å². The molecule has 1 N–H and O–H groups in total. The summed E-state index contributed by atoms with van der Waals surface area (Å²) in [5.74, 6) is -0.180. The van der Waals surface area contributed by atoms with Crippen LogP contribution in [0.2, 0.25) is 0 Å². The second-order valence-electron chi connectivity index (χ2n) is 5.80. The number of nitrogens with one attached hydrogen (secondary N) is 1. The van der Waals surface area contributed by atoms with Crippen LogP contribution in [-0.4, -0.2) is 22.5 Å². The fourth-order valence-electron chi connectivity index (χ4n) is 2.60. The Labute approximate surface area is 158 Å². The van der Waals surface area contributed by atoms with Crippen molar-refractivity contribution in [3.05, 3.63) is 89.4 Å². The van der Waals surface area contributed by atoms with E-state index in [-0.39, 0.29) is 12.2 Å². The van der Waals surface area contributed by atoms with Crippen molar-refractivity contribution in [3.8, 4) is 0 Å². The Morgan fingerprint density at radius 1 is 0.963 bits per heavy atom. The highest BCUT2D eigenvalue weighted by atomic mass is 16.6. The molecule has 138 valence electrons. The van der Waals surface area contributed by atoms with Crippen LogP contribution >= 0.6 is 0 Å². The highest BCUT2D eigenvalue weighted by Crippen LogP contribution is 2.20. The fourth-order valence-corrected chi connectivity index (χ4v) is 2.60. The molecule has 27 heavy (non-hydrogen) atoms. The largest absolute Gasteiger partial charge is 0.462 e. The van der Waals surface area contributed by atoms with Gasteiger partial charge in [0.05, 0.1) is 18.9 Å². The number of esters is 1. The predicted molar refractivity (Wildman–Crippen MR) is 102 cm³/mol. The first kappa shape index (κ1) is 18.5. The lowest BCUT2D eigenvalue weighted by molar-refractivity contribution is 0.0523. The molecule has 0 atom stereocenters. The third-order valence-corrected chi connectivity index (χ3v) is 3.87. The Kier molecular flexibility index (Phi) is 6.49. The van der Waals surface area contributed by atoms with Gasteiger partial charge < -0.3 is 4.74 Å². The zero-order chi connectivity index (χ0) is 18.9. The lowest BCUT2D eigenvalue weighted by Gasteiger charge is -2.13. The number of anilines is 1. The summed E-state index contributed by atoms with van der Waals surface area (Å²) >= 11 is 0. The molecule has 0 aliphatic rings. The summed E-state index contributed by atoms with van der Waals surface area (Å²) in [5, 5.41) is 0. The first-order valence-electron chi connectivity index (χ1n) is 8.74. The summed E-state index contributed by atoms with van der Waals surface area (Å²) in [4.78, 5) is 26.5. The second-order valence-corrected chi connectivity index (χ2v) is 5.80. The maximum Gasteiger partial charge on any atom is 0.343 e. The van der Waals surface area contributed by atoms with Crippen LogP contribution in [0.4, 0.5) is 5.82 Å². The molecular formula is C21H21N3O3. The van der Waals surface area contributed by atoms with Crippen molar-refractivity contribution in [2.45, 2.75) is 20.0 Å². The van der Waals surface area contributed by atoms with Crippen LogP contribution in [-0.2, 0) is 22.6 Å². The molecule has 0 fully saturated rings. The van der Waals surface area contributed by atoms with Gasteiger partial charge in [0.25, 0.3) is 0 Å². The van der Waals surface area contributed by atoms with E-state index in [2.05, 4.69) is 15.4 Å². The first-order chi connectivity index (χ1) is 13.3. The van der Waals surface area contributed by atoms with E-state index in [0.29, 0.717) is 24.5 Å². The normalized spacial score (nSPS) is 10.4. The summed E-state index contributed by atoms with van der Waals surface area (Å²) in [7, 11) is 0. The molecular weight excluding hydrogens is 342 g/mol. The van der Waals surface area contributed by atoms with Crippen LogP contribution in [0.15, 0.2) is 67.0 Å². The molecule has 2 aromatic carbocycles. The van der Waals surface area contributed by atoms with Gasteiger partial charge in [0.15, 0.2) is 5.82 Å². The number of hydrogen-bond acceptors (Lipinski definition) is 6. The van der Waals surface area contributed by atoms with Gasteiger partial charge >= 0.3 is 5.97 Å². The van der Waals surface area contributed by atoms with Gasteiger partial charge in [0.1, 0.15) is 11.9 Å². The van der Waals surface area contributed by atoms with Gasteiger partial charge in [0, 0.05) is 6.42 Å². The number of benzene rings is 2. The minimum absolute atomic E-state index is 0.267. The quantitative estimate of drug-likeness (QED) is 0.485. The lowest BCUT2D eigenvalue weighted by atomic mass is 10.1. The molecule has 0 saturated carbocycles. The van der Waals surface area contributed by atoms with Crippen molar-refractivity contribution in [1.82, 2.24) is 9.97 Å². The van der Waals surface area contributed by atoms with Crippen LogP contribution in [0.1, 0.15) is 34.1 Å². The topological polar surface area (TPSA) is 73.3 Å². The summed E-state index contributed by atoms with van der Waals surface area (Å²) in [6.45, 7) is 2.36. The van der Waals surface area contributed by atoms with Crippen LogP contribution < -0.4 is 5.48 Å². The average molecular weight is 363 g/mol. The molecule has 1 aromatic heterocycles. The standard InChI is InChI=1S/C21H21N3O3/c1-2-26-21(25)19-18(13-16-9-5-3-6-10-16)22-15-23-20(19)24-27-14-17-11-7-4-8-12-17/h3-12,15H,2,13-14H2,1H3,(H,22,23,24). The van der Waals surface area contributed by atoms with Gasteiger partial charge in [-0.1, -0.05) is 60.7 Å². The maximum absolute atomic E-state index is 12.5. The number of ether oxygens (including phenoxy) is 1. The van der Waals surface area contributed by atoms with Crippen LogP contribution in [0.25, 0.3) is 0 Å². The van der Waals surface area contributed by atoms with E-state index in [4.69, 9.17) is 9.57 Å². The molecule has 0 aliphatic heterocycles. The molecule has 0 unspecified atom stereocenters. The Morgan fingerprint density at radius 3 is 2.30 bits per heavy atom. The van der Waals surface area contributed by atoms with E-state index >= 15 is 0 Å². The first-order valence-corrected chi connectivity index (χ1v) is 8.74. The Balaban J connectivity index is 1.81. The van der Waals surface area contributed by atoms with Gasteiger partial charge in [-0.3, -0.25) is 4.84 Å². The molecule has 0 bridgehead atoms. The number of aromatic nitrogens is 2. The minimum atomic E-state index is -0.477. The van der Waals surface area contributed by atoms with Crippen molar-refractivity contribution < 1.29 is 14.4 Å². The summed E-state index contributed by atoms with van der Waals surface area (Å²) < 4.78 is 5.20. The van der Waals surface area contributed by atoms with Crippen LogP contribution in [0, 0.1) is 0 Å². The molecule has 1 heterocycles. The third kappa shape index (κ3) is 5.12. The van der Waals surface area contributed by atoms with E-state index < -0.39 is 5.97 Å². The molecule has 0 saturated heterocycles. The van der Waals surface area contributed by atoms with Gasteiger partial charge in [-0.05, 0) is 18.1 Å². The average Bonchev–Trinajstić information content (AvgIpc) is 2.70. The van der Waals surface area contributed by atoms with E-state index in [0.717, 1.165) is 11.1 Å². The monoisotopic (exact) mass is 363 g/mol. The van der Waals surface area contributed by atoms with Gasteiger partial charge in [-0.2, -0.15) is 0 Å². The van der Waals surface area contributed by atoms with Crippen molar-refractivity contribution in [1.29, 1.82) is 0 Å². The highest BCUT2D eigenvalue weighted by Gasteiger charge is 2.21. The van der Waals surface area contributed by atoms with E-state index in [9.17, 15) is 4.79 Å². The Bertz CT molecular complexity index is 870. The molecule has 6 nitrogen and oxygen atoms in total. The maximum atomic E-state index is 12.5. The SMILES string of the molecule is CCOC(=O)c1c(Cc2ccccc2)ncnc1NOCc1ccccc1. The van der Waals surface area contributed by atoms with E-state index in [1.165, 1.54) is 6.33 Å². The summed E-state index contributed by atoms with van der Waals surface area (Å²) in [5.41, 5.74) is 5.69. The third-order valence-electron chi connectivity index (χ3n) is 3.87. The number of hydrogen-bond donors (Lipinski definition) is 1. The number of nitrogens with zero attached hydrogens (tertiary/aromatic N) is 2.